The summed E-state index contributed by atoms with van der Waals surface area (Å²) in [6, 6.07) is 5.09. The van der Waals surface area contributed by atoms with Crippen molar-refractivity contribution in [3.05, 3.63) is 23.8 Å². The van der Waals surface area contributed by atoms with Gasteiger partial charge in [-0.2, -0.15) is 0 Å². The number of nitrogen functional groups attached to an aromatic ring is 1. The number of nitrogens with two attached hydrogens (primary N) is 1. The fourth-order valence-electron chi connectivity index (χ4n) is 1.85. The number of ether oxygens (including phenoxy) is 1. The third-order valence-electron chi connectivity index (χ3n) is 3.45. The number of rotatable bonds is 5. The number of aliphatic hydroxyl groups is 1. The topological polar surface area (TPSA) is 84.6 Å². The largest absolute Gasteiger partial charge is 0.495 e. The van der Waals surface area contributed by atoms with E-state index >= 15 is 0 Å². The van der Waals surface area contributed by atoms with Crippen LogP contribution in [0.5, 0.6) is 5.75 Å². The number of carbonyl (C=O) groups excluding carboxylic acids is 1. The van der Waals surface area contributed by atoms with Crippen molar-refractivity contribution in [1.82, 2.24) is 5.32 Å². The van der Waals surface area contributed by atoms with Crippen LogP contribution in [0.4, 0.5) is 5.69 Å². The van der Waals surface area contributed by atoms with Crippen molar-refractivity contribution < 1.29 is 14.6 Å². The summed E-state index contributed by atoms with van der Waals surface area (Å²) in [5.74, 6) is 0.261. The van der Waals surface area contributed by atoms with E-state index in [1.165, 1.54) is 7.11 Å². The summed E-state index contributed by atoms with van der Waals surface area (Å²) in [5, 5.41) is 12.0. The lowest BCUT2D eigenvalue weighted by molar-refractivity contribution is 0.0936. The fourth-order valence-corrected chi connectivity index (χ4v) is 1.85. The van der Waals surface area contributed by atoms with Crippen LogP contribution in [0.1, 0.15) is 23.2 Å². The molecule has 18 heavy (non-hydrogen) atoms. The summed E-state index contributed by atoms with van der Waals surface area (Å²) in [5.41, 5.74) is 6.48. The van der Waals surface area contributed by atoms with Gasteiger partial charge in [0.2, 0.25) is 0 Å². The molecule has 0 radical (unpaired) electrons. The van der Waals surface area contributed by atoms with Gasteiger partial charge in [0, 0.05) is 12.0 Å². The number of amides is 1. The van der Waals surface area contributed by atoms with Gasteiger partial charge in [0.15, 0.2) is 0 Å². The zero-order chi connectivity index (χ0) is 13.2. The Hall–Kier alpha value is -1.75. The Morgan fingerprint density at radius 2 is 2.28 bits per heavy atom. The van der Waals surface area contributed by atoms with E-state index in [2.05, 4.69) is 5.32 Å². The van der Waals surface area contributed by atoms with E-state index in [4.69, 9.17) is 10.5 Å². The van der Waals surface area contributed by atoms with Crippen LogP contribution in [0.3, 0.4) is 0 Å². The van der Waals surface area contributed by atoms with E-state index in [0.29, 0.717) is 23.5 Å². The molecule has 1 aromatic rings. The molecule has 0 unspecified atom stereocenters. The smallest absolute Gasteiger partial charge is 0.253 e. The molecule has 1 aromatic carbocycles. The minimum Gasteiger partial charge on any atom is -0.495 e. The Kier molecular flexibility index (Phi) is 3.43. The Morgan fingerprint density at radius 3 is 2.83 bits per heavy atom. The van der Waals surface area contributed by atoms with Crippen LogP contribution in [0.25, 0.3) is 0 Å². The van der Waals surface area contributed by atoms with Gasteiger partial charge in [-0.05, 0) is 25.0 Å². The maximum Gasteiger partial charge on any atom is 0.253 e. The standard InChI is InChI=1S/C13H18N2O3/c1-18-10-4-2-3-9(11(10)14)12(17)15-7-13(8-16)5-6-13/h2-4,16H,5-8,14H2,1H3,(H,15,17). The SMILES string of the molecule is COc1cccc(C(=O)NCC2(CO)CC2)c1N. The monoisotopic (exact) mass is 250 g/mol. The molecule has 0 spiro atoms. The van der Waals surface area contributed by atoms with Gasteiger partial charge >= 0.3 is 0 Å². The number of hydrogen-bond donors (Lipinski definition) is 3. The number of nitrogens with one attached hydrogen (secondary N) is 1. The first-order valence-corrected chi connectivity index (χ1v) is 5.93. The predicted octanol–water partition coefficient (Wildman–Crippen LogP) is 0.780. The van der Waals surface area contributed by atoms with Gasteiger partial charge in [-0.15, -0.1) is 0 Å². The van der Waals surface area contributed by atoms with Crippen LogP contribution in [-0.4, -0.2) is 31.3 Å². The molecule has 98 valence electrons. The van der Waals surface area contributed by atoms with Crippen LogP contribution in [0.15, 0.2) is 18.2 Å². The molecule has 0 bridgehead atoms. The van der Waals surface area contributed by atoms with Crippen LogP contribution in [0.2, 0.25) is 0 Å². The number of benzene rings is 1. The second-order valence-electron chi connectivity index (χ2n) is 4.76. The number of methoxy groups -OCH3 is 1. The van der Waals surface area contributed by atoms with E-state index in [1.54, 1.807) is 18.2 Å². The normalized spacial score (nSPS) is 16.1. The van der Waals surface area contributed by atoms with Gasteiger partial charge in [0.25, 0.3) is 5.91 Å². The molecular weight excluding hydrogens is 232 g/mol. The summed E-state index contributed by atoms with van der Waals surface area (Å²) in [6.07, 6.45) is 1.91. The molecule has 0 atom stereocenters. The number of aliphatic hydroxyl groups excluding tert-OH is 1. The second kappa shape index (κ2) is 4.86. The molecule has 1 aliphatic rings. The first-order chi connectivity index (χ1) is 8.62. The van der Waals surface area contributed by atoms with Crippen LogP contribution in [-0.2, 0) is 0 Å². The molecule has 0 aliphatic heterocycles. The summed E-state index contributed by atoms with van der Waals surface area (Å²) < 4.78 is 5.07. The first kappa shape index (κ1) is 12.7. The highest BCUT2D eigenvalue weighted by Crippen LogP contribution is 2.44. The molecule has 0 heterocycles. The van der Waals surface area contributed by atoms with Crippen molar-refractivity contribution in [2.75, 3.05) is 26.0 Å². The van der Waals surface area contributed by atoms with Crippen molar-refractivity contribution >= 4 is 11.6 Å². The van der Waals surface area contributed by atoms with Crippen LogP contribution < -0.4 is 15.8 Å². The van der Waals surface area contributed by atoms with Crippen LogP contribution in [0, 0.1) is 5.41 Å². The summed E-state index contributed by atoms with van der Waals surface area (Å²) >= 11 is 0. The average molecular weight is 250 g/mol. The lowest BCUT2D eigenvalue weighted by Gasteiger charge is -2.14. The predicted molar refractivity (Wildman–Crippen MR) is 68.5 cm³/mol. The maximum atomic E-state index is 12.0. The van der Waals surface area contributed by atoms with Gasteiger partial charge in [-0.25, -0.2) is 0 Å². The molecule has 1 amide bonds. The van der Waals surface area contributed by atoms with E-state index in [9.17, 15) is 9.90 Å². The molecule has 2 rings (SSSR count). The number of anilines is 1. The molecule has 5 nitrogen and oxygen atoms in total. The van der Waals surface area contributed by atoms with E-state index < -0.39 is 0 Å². The minimum absolute atomic E-state index is 0.108. The van der Waals surface area contributed by atoms with Gasteiger partial charge in [-0.3, -0.25) is 4.79 Å². The Balaban J connectivity index is 2.05. The molecule has 1 saturated carbocycles. The molecule has 0 aromatic heterocycles. The number of carbonyl (C=O) groups is 1. The third kappa shape index (κ3) is 2.41. The maximum absolute atomic E-state index is 12.0. The second-order valence-corrected chi connectivity index (χ2v) is 4.76. The highest BCUT2D eigenvalue weighted by molar-refractivity contribution is 6.00. The quantitative estimate of drug-likeness (QED) is 0.674. The van der Waals surface area contributed by atoms with Gasteiger partial charge < -0.3 is 20.9 Å². The molecular formula is C13H18N2O3. The minimum atomic E-state index is -0.230. The van der Waals surface area contributed by atoms with Gasteiger partial charge in [0.1, 0.15) is 5.75 Å². The number of hydrogen-bond acceptors (Lipinski definition) is 4. The highest BCUT2D eigenvalue weighted by atomic mass is 16.5. The van der Waals surface area contributed by atoms with Gasteiger partial charge in [-0.1, -0.05) is 6.07 Å². The van der Waals surface area contributed by atoms with E-state index in [0.717, 1.165) is 12.8 Å². The zero-order valence-electron chi connectivity index (χ0n) is 10.4. The lowest BCUT2D eigenvalue weighted by atomic mass is 10.1. The number of para-hydroxylation sites is 1. The van der Waals surface area contributed by atoms with E-state index in [1.807, 2.05) is 0 Å². The molecule has 0 saturated heterocycles. The third-order valence-corrected chi connectivity index (χ3v) is 3.45. The van der Waals surface area contributed by atoms with Crippen molar-refractivity contribution in [2.24, 2.45) is 5.41 Å². The van der Waals surface area contributed by atoms with Crippen molar-refractivity contribution in [3.63, 3.8) is 0 Å². The summed E-state index contributed by atoms with van der Waals surface area (Å²) in [6.45, 7) is 0.597. The highest BCUT2D eigenvalue weighted by Gasteiger charge is 2.42. The lowest BCUT2D eigenvalue weighted by Crippen LogP contribution is -2.32. The van der Waals surface area contributed by atoms with E-state index in [-0.39, 0.29) is 17.9 Å². The molecule has 4 N–H and O–H groups in total. The first-order valence-electron chi connectivity index (χ1n) is 5.93. The Bertz CT molecular complexity index is 456. The molecule has 5 heteroatoms. The van der Waals surface area contributed by atoms with Gasteiger partial charge in [0.05, 0.1) is 25.0 Å². The van der Waals surface area contributed by atoms with Crippen molar-refractivity contribution in [1.29, 1.82) is 0 Å². The van der Waals surface area contributed by atoms with Crippen LogP contribution >= 0.6 is 0 Å². The molecule has 1 aliphatic carbocycles. The average Bonchev–Trinajstić information content (AvgIpc) is 3.17. The Labute approximate surface area is 106 Å². The fraction of sp³-hybridized carbons (Fsp3) is 0.462. The molecule has 1 fully saturated rings. The Morgan fingerprint density at radius 1 is 1.56 bits per heavy atom. The summed E-state index contributed by atoms with van der Waals surface area (Å²) in [7, 11) is 1.51. The van der Waals surface area contributed by atoms with Crippen molar-refractivity contribution in [2.45, 2.75) is 12.8 Å². The summed E-state index contributed by atoms with van der Waals surface area (Å²) in [4.78, 5) is 12.0. The van der Waals surface area contributed by atoms with Crippen molar-refractivity contribution in [3.8, 4) is 5.75 Å². The zero-order valence-corrected chi connectivity index (χ0v) is 10.4.